The molecule has 1 aromatic rings. The SMILES string of the molecule is Cc1c(F)cc(C(=O)N2CCCC2(C)C)cc1S(=O)(=O)Cl. The molecule has 0 aromatic heterocycles. The Balaban J connectivity index is 2.51. The van der Waals surface area contributed by atoms with Crippen LogP contribution in [-0.2, 0) is 9.05 Å². The van der Waals surface area contributed by atoms with Crippen LogP contribution in [0.3, 0.4) is 0 Å². The Kier molecular flexibility index (Phi) is 4.06. The average molecular weight is 334 g/mol. The van der Waals surface area contributed by atoms with Crippen molar-refractivity contribution in [3.63, 3.8) is 0 Å². The fourth-order valence-electron chi connectivity index (χ4n) is 2.67. The van der Waals surface area contributed by atoms with Crippen LogP contribution >= 0.6 is 10.7 Å². The summed E-state index contributed by atoms with van der Waals surface area (Å²) in [5, 5.41) is 0. The molecule has 0 saturated carbocycles. The van der Waals surface area contributed by atoms with Gasteiger partial charge in [-0.1, -0.05) is 0 Å². The van der Waals surface area contributed by atoms with Gasteiger partial charge in [-0.2, -0.15) is 0 Å². The number of hydrogen-bond acceptors (Lipinski definition) is 3. The molecule has 1 amide bonds. The van der Waals surface area contributed by atoms with Gasteiger partial charge in [0.05, 0.1) is 4.90 Å². The third kappa shape index (κ3) is 3.06. The van der Waals surface area contributed by atoms with Gasteiger partial charge in [-0.25, -0.2) is 12.8 Å². The monoisotopic (exact) mass is 333 g/mol. The van der Waals surface area contributed by atoms with E-state index in [-0.39, 0.29) is 27.5 Å². The van der Waals surface area contributed by atoms with Crippen LogP contribution in [0.4, 0.5) is 4.39 Å². The van der Waals surface area contributed by atoms with E-state index < -0.39 is 14.9 Å². The molecule has 1 aliphatic rings. The minimum Gasteiger partial charge on any atom is -0.334 e. The van der Waals surface area contributed by atoms with Gasteiger partial charge in [0.15, 0.2) is 0 Å². The standard InChI is InChI=1S/C14H17ClFNO3S/c1-9-11(16)7-10(8-12(9)21(15,19)20)13(18)17-6-4-5-14(17,2)3/h7-8H,4-6H2,1-3H3. The second kappa shape index (κ2) is 5.25. The topological polar surface area (TPSA) is 54.5 Å². The van der Waals surface area contributed by atoms with Gasteiger partial charge in [-0.15, -0.1) is 0 Å². The number of amides is 1. The summed E-state index contributed by atoms with van der Waals surface area (Å²) in [7, 11) is 1.21. The van der Waals surface area contributed by atoms with Crippen molar-refractivity contribution in [2.24, 2.45) is 0 Å². The predicted molar refractivity (Wildman–Crippen MR) is 78.5 cm³/mol. The normalized spacial score (nSPS) is 18.0. The Hall–Kier alpha value is -1.14. The highest BCUT2D eigenvalue weighted by atomic mass is 35.7. The van der Waals surface area contributed by atoms with Crippen molar-refractivity contribution in [1.29, 1.82) is 0 Å². The molecule has 0 bridgehead atoms. The Bertz CT molecular complexity index is 700. The summed E-state index contributed by atoms with van der Waals surface area (Å²) in [6, 6.07) is 2.22. The van der Waals surface area contributed by atoms with E-state index in [4.69, 9.17) is 10.7 Å². The van der Waals surface area contributed by atoms with E-state index in [0.717, 1.165) is 25.0 Å². The highest BCUT2D eigenvalue weighted by molar-refractivity contribution is 8.13. The van der Waals surface area contributed by atoms with Crippen LogP contribution in [0.5, 0.6) is 0 Å². The highest BCUT2D eigenvalue weighted by Crippen LogP contribution is 2.31. The molecule has 0 aliphatic carbocycles. The first kappa shape index (κ1) is 16.2. The van der Waals surface area contributed by atoms with Crippen LogP contribution in [0.1, 0.15) is 42.6 Å². The third-order valence-electron chi connectivity index (χ3n) is 3.95. The Morgan fingerprint density at radius 1 is 1.38 bits per heavy atom. The van der Waals surface area contributed by atoms with Crippen LogP contribution in [0.25, 0.3) is 0 Å². The number of benzene rings is 1. The fourth-order valence-corrected chi connectivity index (χ4v) is 3.88. The molecule has 0 radical (unpaired) electrons. The van der Waals surface area contributed by atoms with Crippen molar-refractivity contribution >= 4 is 25.6 Å². The van der Waals surface area contributed by atoms with Gasteiger partial charge in [-0.3, -0.25) is 4.79 Å². The molecule has 1 fully saturated rings. The molecule has 1 aromatic carbocycles. The Labute approximate surface area is 128 Å². The molecular weight excluding hydrogens is 317 g/mol. The maximum absolute atomic E-state index is 13.9. The first-order chi connectivity index (χ1) is 9.54. The summed E-state index contributed by atoms with van der Waals surface area (Å²) in [5.74, 6) is -1.13. The lowest BCUT2D eigenvalue weighted by molar-refractivity contribution is 0.0651. The second-order valence-electron chi connectivity index (χ2n) is 5.89. The number of nitrogens with zero attached hydrogens (tertiary/aromatic N) is 1. The minimum atomic E-state index is -4.10. The lowest BCUT2D eigenvalue weighted by atomic mass is 10.0. The van der Waals surface area contributed by atoms with Crippen LogP contribution < -0.4 is 0 Å². The number of halogens is 2. The van der Waals surface area contributed by atoms with E-state index in [1.807, 2.05) is 13.8 Å². The number of rotatable bonds is 2. The summed E-state index contributed by atoms with van der Waals surface area (Å²) < 4.78 is 36.9. The van der Waals surface area contributed by atoms with Gasteiger partial charge in [0.25, 0.3) is 15.0 Å². The van der Waals surface area contributed by atoms with Crippen molar-refractivity contribution in [2.75, 3.05) is 6.54 Å². The van der Waals surface area contributed by atoms with Crippen molar-refractivity contribution in [3.05, 3.63) is 29.1 Å². The summed E-state index contributed by atoms with van der Waals surface area (Å²) in [4.78, 5) is 13.8. The fraction of sp³-hybridized carbons (Fsp3) is 0.500. The zero-order chi connectivity index (χ0) is 16.0. The van der Waals surface area contributed by atoms with Gasteiger partial charge >= 0.3 is 0 Å². The van der Waals surface area contributed by atoms with Crippen LogP contribution in [0.2, 0.25) is 0 Å². The van der Waals surface area contributed by atoms with Gasteiger partial charge in [-0.05, 0) is 45.7 Å². The predicted octanol–water partition coefficient (Wildman–Crippen LogP) is 3.08. The molecule has 0 spiro atoms. The highest BCUT2D eigenvalue weighted by Gasteiger charge is 2.36. The Morgan fingerprint density at radius 3 is 2.48 bits per heavy atom. The molecule has 7 heteroatoms. The molecule has 0 atom stereocenters. The number of carbonyl (C=O) groups is 1. The van der Waals surface area contributed by atoms with E-state index in [1.165, 1.54) is 6.92 Å². The summed E-state index contributed by atoms with van der Waals surface area (Å²) in [6.07, 6.45) is 1.72. The zero-order valence-electron chi connectivity index (χ0n) is 12.1. The quantitative estimate of drug-likeness (QED) is 0.781. The third-order valence-corrected chi connectivity index (χ3v) is 5.40. The van der Waals surface area contributed by atoms with E-state index in [0.29, 0.717) is 6.54 Å². The summed E-state index contributed by atoms with van der Waals surface area (Å²) >= 11 is 0. The van der Waals surface area contributed by atoms with Gasteiger partial charge in [0.1, 0.15) is 5.82 Å². The first-order valence-electron chi connectivity index (χ1n) is 6.61. The van der Waals surface area contributed by atoms with Crippen molar-refractivity contribution in [1.82, 2.24) is 4.90 Å². The number of hydrogen-bond donors (Lipinski definition) is 0. The van der Waals surface area contributed by atoms with E-state index in [2.05, 4.69) is 0 Å². The molecular formula is C14H17ClFNO3S. The molecule has 1 heterocycles. The summed E-state index contributed by atoms with van der Waals surface area (Å²) in [6.45, 7) is 5.76. The minimum absolute atomic E-state index is 0.00676. The lowest BCUT2D eigenvalue weighted by Crippen LogP contribution is -2.42. The van der Waals surface area contributed by atoms with E-state index in [9.17, 15) is 17.6 Å². The van der Waals surface area contributed by atoms with E-state index in [1.54, 1.807) is 4.90 Å². The molecule has 4 nitrogen and oxygen atoms in total. The largest absolute Gasteiger partial charge is 0.334 e. The number of likely N-dealkylation sites (tertiary alicyclic amines) is 1. The summed E-state index contributed by atoms with van der Waals surface area (Å²) in [5.41, 5.74) is -0.395. The molecule has 1 saturated heterocycles. The van der Waals surface area contributed by atoms with Crippen molar-refractivity contribution in [2.45, 2.75) is 44.0 Å². The smallest absolute Gasteiger partial charge is 0.261 e. The molecule has 0 N–H and O–H groups in total. The van der Waals surface area contributed by atoms with Crippen LogP contribution in [0, 0.1) is 12.7 Å². The maximum atomic E-state index is 13.9. The van der Waals surface area contributed by atoms with Crippen LogP contribution in [-0.4, -0.2) is 31.3 Å². The van der Waals surface area contributed by atoms with Crippen molar-refractivity contribution in [3.8, 4) is 0 Å². The molecule has 1 aliphatic heterocycles. The van der Waals surface area contributed by atoms with Gasteiger partial charge in [0, 0.05) is 33.9 Å². The van der Waals surface area contributed by atoms with Crippen molar-refractivity contribution < 1.29 is 17.6 Å². The van der Waals surface area contributed by atoms with Crippen LogP contribution in [0.15, 0.2) is 17.0 Å². The first-order valence-corrected chi connectivity index (χ1v) is 8.92. The second-order valence-corrected chi connectivity index (χ2v) is 8.43. The molecule has 116 valence electrons. The zero-order valence-corrected chi connectivity index (χ0v) is 13.7. The van der Waals surface area contributed by atoms with Gasteiger partial charge in [0.2, 0.25) is 0 Å². The molecule has 2 rings (SSSR count). The molecule has 0 unspecified atom stereocenters. The van der Waals surface area contributed by atoms with Gasteiger partial charge < -0.3 is 4.90 Å². The Morgan fingerprint density at radius 2 is 2.00 bits per heavy atom. The average Bonchev–Trinajstić information content (AvgIpc) is 2.69. The maximum Gasteiger partial charge on any atom is 0.261 e. The van der Waals surface area contributed by atoms with E-state index >= 15 is 0 Å². The number of carbonyl (C=O) groups excluding carboxylic acids is 1. The molecule has 21 heavy (non-hydrogen) atoms. The lowest BCUT2D eigenvalue weighted by Gasteiger charge is -2.31.